The first-order valence-corrected chi connectivity index (χ1v) is 13.0. The molecule has 0 spiro atoms. The predicted molar refractivity (Wildman–Crippen MR) is 127 cm³/mol. The number of urea groups is 1. The van der Waals surface area contributed by atoms with Crippen LogP contribution >= 0.6 is 23.1 Å². The summed E-state index contributed by atoms with van der Waals surface area (Å²) < 4.78 is 7.48. The largest absolute Gasteiger partial charge is 0.376 e. The third-order valence-corrected chi connectivity index (χ3v) is 8.25. The zero-order valence-electron chi connectivity index (χ0n) is 18.7. The molecule has 0 radical (unpaired) electrons. The van der Waals surface area contributed by atoms with Gasteiger partial charge in [0.1, 0.15) is 4.83 Å². The van der Waals surface area contributed by atoms with Crippen LogP contribution in [-0.2, 0) is 28.9 Å². The van der Waals surface area contributed by atoms with E-state index in [1.165, 1.54) is 16.6 Å². The maximum absolute atomic E-state index is 13.7. The minimum absolute atomic E-state index is 0.0275. The van der Waals surface area contributed by atoms with E-state index in [2.05, 4.69) is 17.6 Å². The molecule has 0 bridgehead atoms. The minimum Gasteiger partial charge on any atom is -0.376 e. The fourth-order valence-corrected chi connectivity index (χ4v) is 6.62. The van der Waals surface area contributed by atoms with E-state index in [0.717, 1.165) is 47.9 Å². The molecule has 1 fully saturated rings. The summed E-state index contributed by atoms with van der Waals surface area (Å²) in [6.07, 6.45) is 4.83. The number of hydrogen-bond donors (Lipinski definition) is 2. The summed E-state index contributed by atoms with van der Waals surface area (Å²) in [6, 6.07) is -0.523. The van der Waals surface area contributed by atoms with Gasteiger partial charge in [0.2, 0.25) is 5.91 Å². The first kappa shape index (κ1) is 23.3. The Hall–Kier alpha value is -1.91. The Morgan fingerprint density at radius 2 is 2.19 bits per heavy atom. The highest BCUT2D eigenvalue weighted by molar-refractivity contribution is 8.00. The molecule has 3 atom stereocenters. The number of nitrogens with zero attached hydrogens (tertiary/aromatic N) is 2. The summed E-state index contributed by atoms with van der Waals surface area (Å²) in [5.41, 5.74) is 1.11. The highest BCUT2D eigenvalue weighted by Gasteiger charge is 2.28. The van der Waals surface area contributed by atoms with Gasteiger partial charge in [-0.05, 0) is 57.4 Å². The van der Waals surface area contributed by atoms with Crippen LogP contribution < -0.4 is 16.2 Å². The minimum atomic E-state index is -0.590. The number of carbonyl (C=O) groups excluding carboxylic acids is 2. The number of hydrogen-bond acceptors (Lipinski definition) is 7. The van der Waals surface area contributed by atoms with Gasteiger partial charge in [0.05, 0.1) is 23.3 Å². The predicted octanol–water partition coefficient (Wildman–Crippen LogP) is 3.09. The number of thioether (sulfide) groups is 1. The number of amides is 3. The van der Waals surface area contributed by atoms with Crippen molar-refractivity contribution in [3.8, 4) is 0 Å². The van der Waals surface area contributed by atoms with Crippen molar-refractivity contribution in [1.29, 1.82) is 0 Å². The fourth-order valence-electron chi connectivity index (χ4n) is 4.28. The number of rotatable bonds is 6. The maximum Gasteiger partial charge on any atom is 0.321 e. The van der Waals surface area contributed by atoms with Crippen LogP contribution in [0.15, 0.2) is 9.95 Å². The summed E-state index contributed by atoms with van der Waals surface area (Å²) in [5, 5.41) is 5.54. The van der Waals surface area contributed by atoms with E-state index in [0.29, 0.717) is 30.8 Å². The van der Waals surface area contributed by atoms with Gasteiger partial charge >= 0.3 is 6.03 Å². The molecule has 4 rings (SSSR count). The Morgan fingerprint density at radius 1 is 1.38 bits per heavy atom. The second kappa shape index (κ2) is 9.93. The topological polar surface area (TPSA) is 102 Å². The van der Waals surface area contributed by atoms with Crippen molar-refractivity contribution in [3.63, 3.8) is 0 Å². The zero-order chi connectivity index (χ0) is 22.8. The number of thiophene rings is 1. The number of carbonyl (C=O) groups is 2. The molecule has 0 saturated carbocycles. The van der Waals surface area contributed by atoms with Crippen LogP contribution in [-0.4, -0.2) is 46.0 Å². The van der Waals surface area contributed by atoms with Gasteiger partial charge in [-0.3, -0.25) is 19.5 Å². The van der Waals surface area contributed by atoms with Crippen molar-refractivity contribution in [2.45, 2.75) is 75.9 Å². The second-order valence-corrected chi connectivity index (χ2v) is 11.0. The molecule has 32 heavy (non-hydrogen) atoms. The van der Waals surface area contributed by atoms with Gasteiger partial charge in [-0.1, -0.05) is 18.7 Å². The average molecular weight is 479 g/mol. The van der Waals surface area contributed by atoms with E-state index >= 15 is 0 Å². The summed E-state index contributed by atoms with van der Waals surface area (Å²) >= 11 is 2.81. The van der Waals surface area contributed by atoms with Crippen molar-refractivity contribution in [3.05, 3.63) is 20.8 Å². The molecule has 2 aromatic rings. The number of ether oxygens (including phenoxy) is 1. The van der Waals surface area contributed by atoms with E-state index in [-0.39, 0.29) is 11.7 Å². The summed E-state index contributed by atoms with van der Waals surface area (Å²) in [6.45, 7) is 7.30. The van der Waals surface area contributed by atoms with Crippen molar-refractivity contribution < 1.29 is 14.3 Å². The van der Waals surface area contributed by atoms with E-state index in [4.69, 9.17) is 9.72 Å². The van der Waals surface area contributed by atoms with Gasteiger partial charge in [-0.25, -0.2) is 9.78 Å². The average Bonchev–Trinajstić information content (AvgIpc) is 3.37. The lowest BCUT2D eigenvalue weighted by atomic mass is 9.89. The van der Waals surface area contributed by atoms with E-state index in [1.54, 1.807) is 29.8 Å². The van der Waals surface area contributed by atoms with Gasteiger partial charge in [-0.15, -0.1) is 11.3 Å². The Balaban J connectivity index is 1.68. The van der Waals surface area contributed by atoms with E-state index in [9.17, 15) is 14.4 Å². The summed E-state index contributed by atoms with van der Waals surface area (Å²) in [7, 11) is 0. The number of fused-ring (bicyclic) bond motifs is 3. The van der Waals surface area contributed by atoms with E-state index in [1.807, 2.05) is 0 Å². The maximum atomic E-state index is 13.7. The Morgan fingerprint density at radius 3 is 2.91 bits per heavy atom. The number of aromatic nitrogens is 2. The van der Waals surface area contributed by atoms with Gasteiger partial charge in [-0.2, -0.15) is 0 Å². The van der Waals surface area contributed by atoms with Crippen molar-refractivity contribution >= 4 is 45.3 Å². The lowest BCUT2D eigenvalue weighted by Gasteiger charge is -2.19. The molecule has 2 N–H and O–H groups in total. The van der Waals surface area contributed by atoms with Crippen LogP contribution in [0.1, 0.15) is 50.5 Å². The number of aryl methyl sites for hydroxylation is 1. The first-order chi connectivity index (χ1) is 15.4. The van der Waals surface area contributed by atoms with Crippen LogP contribution in [0.3, 0.4) is 0 Å². The second-order valence-electron chi connectivity index (χ2n) is 8.59. The molecule has 1 aliphatic carbocycles. The third kappa shape index (κ3) is 4.87. The van der Waals surface area contributed by atoms with Crippen LogP contribution in [0, 0.1) is 5.92 Å². The van der Waals surface area contributed by atoms with Crippen molar-refractivity contribution in [2.75, 3.05) is 13.2 Å². The Kier molecular flexibility index (Phi) is 7.21. The number of nitrogens with one attached hydrogen (secondary N) is 2. The van der Waals surface area contributed by atoms with Gasteiger partial charge < -0.3 is 10.1 Å². The monoisotopic (exact) mass is 478 g/mol. The molecule has 10 heteroatoms. The molecular weight excluding hydrogens is 448 g/mol. The van der Waals surface area contributed by atoms with Crippen molar-refractivity contribution in [1.82, 2.24) is 20.2 Å². The standard InChI is InChI=1S/C22H30N4O4S2/c1-4-23-21(29)24-18(27)13(3)31-22-25-19-17(15-8-7-12(2)10-16(15)32-19)20(28)26(22)11-14-6-5-9-30-14/h12-14H,4-11H2,1-3H3,(H2,23,24,27,29). The lowest BCUT2D eigenvalue weighted by molar-refractivity contribution is -0.119. The molecular formula is C22H30N4O4S2. The van der Waals surface area contributed by atoms with Crippen LogP contribution in [0.25, 0.3) is 10.2 Å². The summed E-state index contributed by atoms with van der Waals surface area (Å²) in [5.74, 6) is 0.190. The van der Waals surface area contributed by atoms with E-state index < -0.39 is 17.2 Å². The van der Waals surface area contributed by atoms with Gasteiger partial charge in [0.25, 0.3) is 5.56 Å². The molecule has 3 unspecified atom stereocenters. The Bertz CT molecular complexity index is 1070. The van der Waals surface area contributed by atoms with Gasteiger partial charge in [0, 0.05) is 18.0 Å². The molecule has 3 amide bonds. The van der Waals surface area contributed by atoms with Crippen molar-refractivity contribution in [2.24, 2.45) is 5.92 Å². The molecule has 3 heterocycles. The molecule has 0 aromatic carbocycles. The smallest absolute Gasteiger partial charge is 0.321 e. The molecule has 2 aliphatic rings. The molecule has 8 nitrogen and oxygen atoms in total. The van der Waals surface area contributed by atoms with Gasteiger partial charge in [0.15, 0.2) is 5.16 Å². The Labute approximate surface area is 195 Å². The molecule has 2 aromatic heterocycles. The third-order valence-electron chi connectivity index (χ3n) is 6.02. The molecule has 1 aliphatic heterocycles. The SMILES string of the molecule is CCNC(=O)NC(=O)C(C)Sc1nc2sc3c(c2c(=O)n1CC1CCCO1)CCC(C)C3. The lowest BCUT2D eigenvalue weighted by Crippen LogP contribution is -2.42. The van der Waals surface area contributed by atoms with Crippen LogP contribution in [0.5, 0.6) is 0 Å². The highest BCUT2D eigenvalue weighted by atomic mass is 32.2. The molecule has 174 valence electrons. The summed E-state index contributed by atoms with van der Waals surface area (Å²) in [4.78, 5) is 44.8. The van der Waals surface area contributed by atoms with Crippen LogP contribution in [0.2, 0.25) is 0 Å². The zero-order valence-corrected chi connectivity index (χ0v) is 20.4. The number of imide groups is 1. The quantitative estimate of drug-likeness (QED) is 0.489. The fraction of sp³-hybridized carbons (Fsp3) is 0.636. The molecule has 1 saturated heterocycles. The van der Waals surface area contributed by atoms with Crippen LogP contribution in [0.4, 0.5) is 4.79 Å². The highest BCUT2D eigenvalue weighted by Crippen LogP contribution is 2.37. The normalized spacial score (nSPS) is 21.3. The first-order valence-electron chi connectivity index (χ1n) is 11.3.